The molecule has 148 valence electrons. The van der Waals surface area contributed by atoms with E-state index in [9.17, 15) is 14.0 Å². The third-order valence-corrected chi connectivity index (χ3v) is 5.19. The third-order valence-electron chi connectivity index (χ3n) is 5.19. The summed E-state index contributed by atoms with van der Waals surface area (Å²) in [5.74, 6) is -0.503. The maximum Gasteiger partial charge on any atom is 0.287 e. The highest BCUT2D eigenvalue weighted by molar-refractivity contribution is 5.97. The summed E-state index contributed by atoms with van der Waals surface area (Å²) in [6.45, 7) is 3.07. The van der Waals surface area contributed by atoms with Crippen LogP contribution in [-0.2, 0) is 24.2 Å². The van der Waals surface area contributed by atoms with Crippen LogP contribution in [0, 0.1) is 5.82 Å². The molecule has 0 bridgehead atoms. The van der Waals surface area contributed by atoms with E-state index in [0.29, 0.717) is 38.5 Å². The number of carbonyl (C=O) groups excluding carboxylic acids is 2. The summed E-state index contributed by atoms with van der Waals surface area (Å²) in [7, 11) is 0. The number of imidazole rings is 1. The van der Waals surface area contributed by atoms with E-state index in [2.05, 4.69) is 10.3 Å². The van der Waals surface area contributed by atoms with Gasteiger partial charge in [-0.05, 0) is 37.0 Å². The summed E-state index contributed by atoms with van der Waals surface area (Å²) < 4.78 is 20.2. The molecule has 1 fully saturated rings. The molecule has 4 rings (SSSR count). The molecule has 7 nitrogen and oxygen atoms in total. The number of rotatable bonds is 4. The molecule has 1 N–H and O–H groups in total. The molecule has 0 unspecified atom stereocenters. The van der Waals surface area contributed by atoms with E-state index in [1.807, 2.05) is 4.57 Å². The fourth-order valence-corrected chi connectivity index (χ4v) is 3.67. The van der Waals surface area contributed by atoms with Gasteiger partial charge in [0.15, 0.2) is 5.82 Å². The minimum absolute atomic E-state index is 0.133. The van der Waals surface area contributed by atoms with Crippen LogP contribution in [0.4, 0.5) is 4.39 Å². The highest BCUT2D eigenvalue weighted by Gasteiger charge is 2.30. The average molecular weight is 386 g/mol. The van der Waals surface area contributed by atoms with Crippen LogP contribution in [-0.4, -0.2) is 52.6 Å². The average Bonchev–Trinajstić information content (AvgIpc) is 3.13. The largest absolute Gasteiger partial charge is 0.378 e. The maximum absolute atomic E-state index is 13.0. The van der Waals surface area contributed by atoms with Crippen LogP contribution in [0.15, 0.2) is 24.3 Å². The summed E-state index contributed by atoms with van der Waals surface area (Å²) in [5, 5.41) is 2.83. The summed E-state index contributed by atoms with van der Waals surface area (Å²) in [4.78, 5) is 31.9. The van der Waals surface area contributed by atoms with Crippen molar-refractivity contribution in [1.29, 1.82) is 0 Å². The molecule has 2 aliphatic rings. The Bertz CT molecular complexity index is 872. The van der Waals surface area contributed by atoms with Crippen LogP contribution >= 0.6 is 0 Å². The Morgan fingerprint density at radius 3 is 2.61 bits per heavy atom. The molecule has 1 saturated heterocycles. The Kier molecular flexibility index (Phi) is 5.38. The minimum atomic E-state index is -0.325. The Morgan fingerprint density at radius 1 is 1.11 bits per heavy atom. The molecule has 2 amide bonds. The second kappa shape index (κ2) is 8.10. The van der Waals surface area contributed by atoms with E-state index >= 15 is 0 Å². The van der Waals surface area contributed by atoms with Crippen LogP contribution in [0.2, 0.25) is 0 Å². The fourth-order valence-electron chi connectivity index (χ4n) is 3.67. The van der Waals surface area contributed by atoms with Gasteiger partial charge in [0.05, 0.1) is 18.9 Å². The molecule has 0 saturated carbocycles. The molecule has 0 spiro atoms. The molecule has 28 heavy (non-hydrogen) atoms. The van der Waals surface area contributed by atoms with E-state index in [0.717, 1.165) is 30.5 Å². The summed E-state index contributed by atoms with van der Waals surface area (Å²) in [6.07, 6.45) is 2.67. The van der Waals surface area contributed by atoms with Gasteiger partial charge in [-0.2, -0.15) is 0 Å². The van der Waals surface area contributed by atoms with Crippen molar-refractivity contribution in [3.63, 3.8) is 0 Å². The molecule has 0 atom stereocenters. The van der Waals surface area contributed by atoms with Crippen LogP contribution in [0.3, 0.4) is 0 Å². The lowest BCUT2D eigenvalue weighted by Gasteiger charge is -2.26. The zero-order valence-corrected chi connectivity index (χ0v) is 15.6. The number of nitrogens with one attached hydrogen (secondary N) is 1. The molecule has 8 heteroatoms. The van der Waals surface area contributed by atoms with Gasteiger partial charge in [0.1, 0.15) is 11.5 Å². The normalized spacial score (nSPS) is 16.5. The summed E-state index contributed by atoms with van der Waals surface area (Å²) in [5.41, 5.74) is 2.02. The first-order valence-corrected chi connectivity index (χ1v) is 9.62. The lowest BCUT2D eigenvalue weighted by Crippen LogP contribution is -2.41. The van der Waals surface area contributed by atoms with E-state index in [1.165, 1.54) is 12.1 Å². The van der Waals surface area contributed by atoms with Crippen LogP contribution in [0.25, 0.3) is 0 Å². The zero-order valence-electron chi connectivity index (χ0n) is 15.6. The highest BCUT2D eigenvalue weighted by Crippen LogP contribution is 2.23. The van der Waals surface area contributed by atoms with Gasteiger partial charge in [-0.25, -0.2) is 9.37 Å². The van der Waals surface area contributed by atoms with E-state index in [-0.39, 0.29) is 30.0 Å². The first kappa shape index (κ1) is 18.6. The van der Waals surface area contributed by atoms with Crippen molar-refractivity contribution in [3.8, 4) is 0 Å². The van der Waals surface area contributed by atoms with Gasteiger partial charge in [-0.1, -0.05) is 12.1 Å². The van der Waals surface area contributed by atoms with Gasteiger partial charge in [0.2, 0.25) is 0 Å². The number of halogens is 1. The van der Waals surface area contributed by atoms with Crippen molar-refractivity contribution in [2.24, 2.45) is 0 Å². The van der Waals surface area contributed by atoms with Gasteiger partial charge < -0.3 is 19.5 Å². The van der Waals surface area contributed by atoms with Crippen LogP contribution < -0.4 is 5.32 Å². The molecule has 3 heterocycles. The Morgan fingerprint density at radius 2 is 1.86 bits per heavy atom. The summed E-state index contributed by atoms with van der Waals surface area (Å²) in [6, 6.07) is 5.98. The standard InChI is InChI=1S/C20H23FN4O3/c21-15-6-4-14(5-7-15)13-22-19(26)18-23-17(16-3-1-2-8-25(16)18)20(27)24-9-11-28-12-10-24/h4-7H,1-3,8-13H2,(H,22,26). The van der Waals surface area contributed by atoms with Gasteiger partial charge >= 0.3 is 0 Å². The highest BCUT2D eigenvalue weighted by atomic mass is 19.1. The molecule has 1 aromatic heterocycles. The summed E-state index contributed by atoms with van der Waals surface area (Å²) >= 11 is 0. The van der Waals surface area contributed by atoms with Gasteiger partial charge in [-0.3, -0.25) is 9.59 Å². The molecule has 2 aromatic rings. The van der Waals surface area contributed by atoms with Crippen molar-refractivity contribution >= 4 is 11.8 Å². The monoisotopic (exact) mass is 386 g/mol. The molecule has 2 aliphatic heterocycles. The van der Waals surface area contributed by atoms with E-state index in [1.54, 1.807) is 17.0 Å². The van der Waals surface area contributed by atoms with Crippen LogP contribution in [0.1, 0.15) is 45.2 Å². The van der Waals surface area contributed by atoms with Crippen LogP contribution in [0.5, 0.6) is 0 Å². The van der Waals surface area contributed by atoms with Gasteiger partial charge in [-0.15, -0.1) is 0 Å². The number of carbonyl (C=O) groups is 2. The number of hydrogen-bond acceptors (Lipinski definition) is 4. The van der Waals surface area contributed by atoms with Crippen molar-refractivity contribution in [2.75, 3.05) is 26.3 Å². The fraction of sp³-hybridized carbons (Fsp3) is 0.450. The van der Waals surface area contributed by atoms with Gasteiger partial charge in [0.25, 0.3) is 11.8 Å². The van der Waals surface area contributed by atoms with Crippen molar-refractivity contribution in [2.45, 2.75) is 32.4 Å². The lowest BCUT2D eigenvalue weighted by atomic mass is 10.1. The smallest absolute Gasteiger partial charge is 0.287 e. The zero-order chi connectivity index (χ0) is 19.5. The number of morpholine rings is 1. The molecular formula is C20H23FN4O3. The Balaban J connectivity index is 1.54. The molecule has 0 radical (unpaired) electrons. The van der Waals surface area contributed by atoms with Gasteiger partial charge in [0, 0.05) is 26.2 Å². The Labute approximate surface area is 162 Å². The number of hydrogen-bond donors (Lipinski definition) is 1. The van der Waals surface area contributed by atoms with E-state index < -0.39 is 0 Å². The second-order valence-electron chi connectivity index (χ2n) is 7.05. The number of benzene rings is 1. The topological polar surface area (TPSA) is 76.5 Å². The second-order valence-corrected chi connectivity index (χ2v) is 7.05. The third kappa shape index (κ3) is 3.77. The van der Waals surface area contributed by atoms with Crippen molar-refractivity contribution in [1.82, 2.24) is 19.8 Å². The number of aromatic nitrogens is 2. The molecule has 1 aromatic carbocycles. The number of amides is 2. The predicted molar refractivity (Wildman–Crippen MR) is 99.5 cm³/mol. The number of nitrogens with zero attached hydrogens (tertiary/aromatic N) is 3. The first-order valence-electron chi connectivity index (χ1n) is 9.62. The predicted octanol–water partition coefficient (Wildman–Crippen LogP) is 1.76. The number of fused-ring (bicyclic) bond motifs is 1. The SMILES string of the molecule is O=C(NCc1ccc(F)cc1)c1nc(C(=O)N2CCOCC2)c2n1CCCC2. The van der Waals surface area contributed by atoms with Crippen molar-refractivity contribution < 1.29 is 18.7 Å². The maximum atomic E-state index is 13.0. The van der Waals surface area contributed by atoms with E-state index in [4.69, 9.17) is 4.74 Å². The number of ether oxygens (including phenoxy) is 1. The lowest BCUT2D eigenvalue weighted by molar-refractivity contribution is 0.0298. The quantitative estimate of drug-likeness (QED) is 0.869. The minimum Gasteiger partial charge on any atom is -0.378 e. The molecule has 0 aliphatic carbocycles. The van der Waals surface area contributed by atoms with Crippen molar-refractivity contribution in [3.05, 3.63) is 52.9 Å². The Hall–Kier alpha value is -2.74. The first-order chi connectivity index (χ1) is 13.6. The molecular weight excluding hydrogens is 363 g/mol.